The van der Waals surface area contributed by atoms with Gasteiger partial charge in [0.2, 0.25) is 10.0 Å². The Hall–Kier alpha value is -0.910. The number of rotatable bonds is 4. The van der Waals surface area contributed by atoms with Gasteiger partial charge in [-0.25, -0.2) is 12.7 Å². The molecule has 0 aliphatic heterocycles. The first kappa shape index (κ1) is 12.2. The van der Waals surface area contributed by atoms with Crippen LogP contribution in [0.25, 0.3) is 0 Å². The van der Waals surface area contributed by atoms with Gasteiger partial charge in [0.15, 0.2) is 0 Å². The molecule has 0 saturated heterocycles. The van der Waals surface area contributed by atoms with Crippen LogP contribution in [-0.2, 0) is 10.0 Å². The minimum atomic E-state index is -3.46. The van der Waals surface area contributed by atoms with Crippen LogP contribution >= 0.6 is 0 Å². The monoisotopic (exact) mass is 229 g/mol. The summed E-state index contributed by atoms with van der Waals surface area (Å²) in [5.74, 6) is 0. The second-order valence-corrected chi connectivity index (χ2v) is 5.74. The Bertz CT molecular complexity index is 400. The van der Waals surface area contributed by atoms with Crippen LogP contribution in [0.2, 0.25) is 0 Å². The third-order valence-corrected chi connectivity index (χ3v) is 4.36. The number of benzene rings is 1. The Balaban J connectivity index is 3.11. The Morgan fingerprint density at radius 1 is 1.27 bits per heavy atom. The Morgan fingerprint density at radius 3 is 2.20 bits per heavy atom. The summed E-state index contributed by atoms with van der Waals surface area (Å²) in [6, 6.07) is 8.70. The van der Waals surface area contributed by atoms with Gasteiger partial charge in [-0.1, -0.05) is 30.3 Å². The molecule has 0 spiro atoms. The van der Waals surface area contributed by atoms with E-state index in [9.17, 15) is 8.42 Å². The highest BCUT2D eigenvalue weighted by Gasteiger charge is 2.28. The summed E-state index contributed by atoms with van der Waals surface area (Å²) in [6.07, 6.45) is 0. The highest BCUT2D eigenvalue weighted by atomic mass is 32.2. The van der Waals surface area contributed by atoms with E-state index in [1.165, 1.54) is 14.1 Å². The molecule has 1 unspecified atom stereocenters. The second-order valence-electron chi connectivity index (χ2n) is 3.41. The lowest BCUT2D eigenvalue weighted by Gasteiger charge is -2.20. The van der Waals surface area contributed by atoms with Crippen LogP contribution in [0, 0.1) is 0 Å². The molecule has 4 nitrogen and oxygen atoms in total. The second kappa shape index (κ2) is 4.74. The van der Waals surface area contributed by atoms with Crippen LogP contribution in [-0.4, -0.2) is 38.5 Å². The van der Waals surface area contributed by atoms with E-state index in [0.717, 1.165) is 4.31 Å². The van der Waals surface area contributed by atoms with E-state index < -0.39 is 21.9 Å². The number of nitrogens with zero attached hydrogens (tertiary/aromatic N) is 1. The maximum Gasteiger partial charge on any atom is 0.222 e. The van der Waals surface area contributed by atoms with Gasteiger partial charge in [-0.15, -0.1) is 0 Å². The zero-order valence-electron chi connectivity index (χ0n) is 8.79. The number of hydrogen-bond donors (Lipinski definition) is 1. The van der Waals surface area contributed by atoms with E-state index in [1.54, 1.807) is 30.3 Å². The first-order valence-corrected chi connectivity index (χ1v) is 6.07. The number of aliphatic hydroxyl groups is 1. The summed E-state index contributed by atoms with van der Waals surface area (Å²) in [6.45, 7) is -0.412. The Morgan fingerprint density at radius 2 is 1.80 bits per heavy atom. The lowest BCUT2D eigenvalue weighted by Crippen LogP contribution is -2.30. The third-order valence-electron chi connectivity index (χ3n) is 2.21. The summed E-state index contributed by atoms with van der Waals surface area (Å²) in [7, 11) is -0.540. The molecule has 0 aromatic heterocycles. The topological polar surface area (TPSA) is 57.6 Å². The van der Waals surface area contributed by atoms with E-state index in [0.29, 0.717) is 5.56 Å². The van der Waals surface area contributed by atoms with Gasteiger partial charge in [-0.2, -0.15) is 0 Å². The van der Waals surface area contributed by atoms with Crippen molar-refractivity contribution in [2.75, 3.05) is 20.7 Å². The molecule has 0 amide bonds. The molecule has 84 valence electrons. The van der Waals surface area contributed by atoms with E-state index in [-0.39, 0.29) is 0 Å². The maximum atomic E-state index is 11.8. The van der Waals surface area contributed by atoms with Gasteiger partial charge in [0, 0.05) is 14.1 Å². The smallest absolute Gasteiger partial charge is 0.222 e. The Kier molecular flexibility index (Phi) is 3.84. The van der Waals surface area contributed by atoms with Gasteiger partial charge < -0.3 is 5.11 Å². The van der Waals surface area contributed by atoms with Crippen LogP contribution in [0.3, 0.4) is 0 Å². The highest BCUT2D eigenvalue weighted by Crippen LogP contribution is 2.23. The number of sulfonamides is 1. The van der Waals surface area contributed by atoms with Crippen molar-refractivity contribution in [1.82, 2.24) is 4.31 Å². The van der Waals surface area contributed by atoms with E-state index in [2.05, 4.69) is 0 Å². The first-order valence-electron chi connectivity index (χ1n) is 4.57. The molecule has 1 aromatic carbocycles. The molecule has 0 radical (unpaired) electrons. The average molecular weight is 229 g/mol. The molecular weight excluding hydrogens is 214 g/mol. The van der Waals surface area contributed by atoms with E-state index in [1.807, 2.05) is 0 Å². The largest absolute Gasteiger partial charge is 0.395 e. The normalized spacial score (nSPS) is 14.1. The lowest BCUT2D eigenvalue weighted by molar-refractivity contribution is 0.288. The fourth-order valence-corrected chi connectivity index (χ4v) is 2.49. The molecule has 5 heteroatoms. The minimum absolute atomic E-state index is 0.412. The number of aliphatic hydroxyl groups excluding tert-OH is 1. The molecule has 1 rings (SSSR count). The Labute approximate surface area is 90.2 Å². The summed E-state index contributed by atoms with van der Waals surface area (Å²) in [5.41, 5.74) is 0.605. The van der Waals surface area contributed by atoms with Gasteiger partial charge >= 0.3 is 0 Å². The van der Waals surface area contributed by atoms with Crippen molar-refractivity contribution in [3.05, 3.63) is 35.9 Å². The molecule has 1 atom stereocenters. The van der Waals surface area contributed by atoms with Crippen LogP contribution in [0.5, 0.6) is 0 Å². The maximum absolute atomic E-state index is 11.8. The van der Waals surface area contributed by atoms with Gasteiger partial charge in [0.05, 0.1) is 6.61 Å². The van der Waals surface area contributed by atoms with Gasteiger partial charge in [0.1, 0.15) is 5.25 Å². The summed E-state index contributed by atoms with van der Waals surface area (Å²) in [4.78, 5) is 0. The fourth-order valence-electron chi connectivity index (χ4n) is 1.29. The van der Waals surface area contributed by atoms with Crippen molar-refractivity contribution in [2.24, 2.45) is 0 Å². The predicted octanol–water partition coefficient (Wildman–Crippen LogP) is 0.611. The van der Waals surface area contributed by atoms with Crippen LogP contribution < -0.4 is 0 Å². The molecule has 0 saturated carbocycles. The zero-order chi connectivity index (χ0) is 11.5. The predicted molar refractivity (Wildman–Crippen MR) is 58.9 cm³/mol. The van der Waals surface area contributed by atoms with Gasteiger partial charge in [0.25, 0.3) is 0 Å². The van der Waals surface area contributed by atoms with Crippen LogP contribution in [0.15, 0.2) is 30.3 Å². The summed E-state index contributed by atoms with van der Waals surface area (Å²) in [5, 5.41) is 8.28. The molecule has 0 aliphatic rings. The van der Waals surface area contributed by atoms with Gasteiger partial charge in [-0.3, -0.25) is 0 Å². The zero-order valence-corrected chi connectivity index (χ0v) is 9.61. The van der Waals surface area contributed by atoms with Gasteiger partial charge in [-0.05, 0) is 5.56 Å². The fraction of sp³-hybridized carbons (Fsp3) is 0.400. The quantitative estimate of drug-likeness (QED) is 0.823. The van der Waals surface area contributed by atoms with E-state index >= 15 is 0 Å². The molecule has 1 aromatic rings. The molecular formula is C10H15NO3S. The van der Waals surface area contributed by atoms with Crippen molar-refractivity contribution in [3.8, 4) is 0 Å². The molecule has 1 N–H and O–H groups in total. The molecule has 0 bridgehead atoms. The highest BCUT2D eigenvalue weighted by molar-refractivity contribution is 7.89. The standard InChI is InChI=1S/C10H15NO3S/c1-11(2)15(13,14)10(8-12)9-6-4-3-5-7-9/h3-7,10,12H,8H2,1-2H3. The lowest BCUT2D eigenvalue weighted by atomic mass is 10.2. The van der Waals surface area contributed by atoms with Crippen molar-refractivity contribution in [2.45, 2.75) is 5.25 Å². The SMILES string of the molecule is CN(C)S(=O)(=O)C(CO)c1ccccc1. The van der Waals surface area contributed by atoms with Crippen molar-refractivity contribution in [3.63, 3.8) is 0 Å². The van der Waals surface area contributed by atoms with Crippen molar-refractivity contribution >= 4 is 10.0 Å². The number of hydrogen-bond acceptors (Lipinski definition) is 3. The molecule has 0 heterocycles. The summed E-state index contributed by atoms with van der Waals surface area (Å²) >= 11 is 0. The van der Waals surface area contributed by atoms with Crippen molar-refractivity contribution in [1.29, 1.82) is 0 Å². The van der Waals surface area contributed by atoms with Crippen molar-refractivity contribution < 1.29 is 13.5 Å². The van der Waals surface area contributed by atoms with E-state index in [4.69, 9.17) is 5.11 Å². The average Bonchev–Trinajstić information content (AvgIpc) is 2.19. The molecule has 0 fully saturated rings. The minimum Gasteiger partial charge on any atom is -0.395 e. The molecule has 15 heavy (non-hydrogen) atoms. The van der Waals surface area contributed by atoms with Crippen LogP contribution in [0.1, 0.15) is 10.8 Å². The third kappa shape index (κ3) is 2.56. The van der Waals surface area contributed by atoms with Crippen LogP contribution in [0.4, 0.5) is 0 Å². The summed E-state index contributed by atoms with van der Waals surface area (Å²) < 4.78 is 24.8. The molecule has 0 aliphatic carbocycles. The first-order chi connectivity index (χ1) is 7.00.